The Labute approximate surface area is 101 Å². The van der Waals surface area contributed by atoms with E-state index in [4.69, 9.17) is 14.6 Å². The van der Waals surface area contributed by atoms with Gasteiger partial charge in [-0.25, -0.2) is 4.79 Å². The van der Waals surface area contributed by atoms with Gasteiger partial charge in [0.15, 0.2) is 0 Å². The van der Waals surface area contributed by atoms with Crippen molar-refractivity contribution in [3.63, 3.8) is 0 Å². The van der Waals surface area contributed by atoms with Crippen LogP contribution in [0, 0.1) is 0 Å². The van der Waals surface area contributed by atoms with Crippen molar-refractivity contribution < 1.29 is 24.2 Å². The molecule has 0 aromatic rings. The zero-order chi connectivity index (χ0) is 13.1. The summed E-state index contributed by atoms with van der Waals surface area (Å²) >= 11 is 0. The summed E-state index contributed by atoms with van der Waals surface area (Å²) in [5.41, 5.74) is 0. The molecule has 2 N–H and O–H groups in total. The molecule has 0 bridgehead atoms. The first kappa shape index (κ1) is 15.7. The number of rotatable bonds is 9. The van der Waals surface area contributed by atoms with Crippen LogP contribution >= 0.6 is 0 Å². The van der Waals surface area contributed by atoms with Crippen LogP contribution in [0.25, 0.3) is 0 Å². The number of aliphatic carboxylic acids is 1. The lowest BCUT2D eigenvalue weighted by Crippen LogP contribution is -2.45. The van der Waals surface area contributed by atoms with Crippen LogP contribution in [-0.2, 0) is 14.3 Å². The Morgan fingerprint density at radius 3 is 2.59 bits per heavy atom. The third-order valence-electron chi connectivity index (χ3n) is 1.91. The lowest BCUT2D eigenvalue weighted by Gasteiger charge is -2.20. The van der Waals surface area contributed by atoms with Gasteiger partial charge in [-0.1, -0.05) is 0 Å². The molecule has 7 nitrogen and oxygen atoms in total. The molecule has 0 unspecified atom stereocenters. The van der Waals surface area contributed by atoms with Gasteiger partial charge in [0.2, 0.25) is 0 Å². The molecular weight excluding hydrogens is 228 g/mol. The molecular formula is C10H20N2O5. The number of ether oxygens (including phenoxy) is 2. The highest BCUT2D eigenvalue weighted by Gasteiger charge is 2.15. The molecule has 2 amide bonds. The van der Waals surface area contributed by atoms with Crippen molar-refractivity contribution in [3.8, 4) is 0 Å². The maximum Gasteiger partial charge on any atom is 0.323 e. The number of carboxylic acids is 1. The van der Waals surface area contributed by atoms with Crippen molar-refractivity contribution in [1.82, 2.24) is 10.2 Å². The fraction of sp³-hybridized carbons (Fsp3) is 0.800. The molecule has 0 aromatic carbocycles. The molecule has 0 aromatic heterocycles. The minimum Gasteiger partial charge on any atom is -0.480 e. The summed E-state index contributed by atoms with van der Waals surface area (Å²) in [6.07, 6.45) is 0. The Morgan fingerprint density at radius 1 is 1.35 bits per heavy atom. The fourth-order valence-corrected chi connectivity index (χ4v) is 1.10. The number of urea groups is 1. The number of nitrogens with zero attached hydrogens (tertiary/aromatic N) is 1. The molecule has 7 heteroatoms. The molecule has 0 radical (unpaired) electrons. The largest absolute Gasteiger partial charge is 0.480 e. The van der Waals surface area contributed by atoms with Crippen molar-refractivity contribution in [2.24, 2.45) is 0 Å². The number of methoxy groups -OCH3 is 1. The summed E-state index contributed by atoms with van der Waals surface area (Å²) in [7, 11) is 1.49. The molecule has 0 atom stereocenters. The molecule has 0 aliphatic carbocycles. The van der Waals surface area contributed by atoms with Gasteiger partial charge in [0.25, 0.3) is 0 Å². The SMILES string of the molecule is CCOCCNC(=O)N(CCOC)CC(=O)O. The van der Waals surface area contributed by atoms with E-state index in [0.717, 1.165) is 0 Å². The number of carboxylic acid groups (broad SMARTS) is 1. The van der Waals surface area contributed by atoms with E-state index in [1.807, 2.05) is 6.92 Å². The minimum absolute atomic E-state index is 0.239. The van der Waals surface area contributed by atoms with E-state index in [2.05, 4.69) is 5.32 Å². The number of carbonyl (C=O) groups is 2. The van der Waals surface area contributed by atoms with Crippen LogP contribution in [0.1, 0.15) is 6.92 Å². The first-order chi connectivity index (χ1) is 8.11. The molecule has 0 aliphatic heterocycles. The zero-order valence-electron chi connectivity index (χ0n) is 10.3. The molecule has 0 spiro atoms. The Bertz CT molecular complexity index is 235. The van der Waals surface area contributed by atoms with E-state index in [1.165, 1.54) is 12.0 Å². The van der Waals surface area contributed by atoms with Gasteiger partial charge in [0.1, 0.15) is 6.54 Å². The van der Waals surface area contributed by atoms with Crippen molar-refractivity contribution >= 4 is 12.0 Å². The van der Waals surface area contributed by atoms with E-state index in [-0.39, 0.29) is 13.1 Å². The Balaban J connectivity index is 3.98. The van der Waals surface area contributed by atoms with Gasteiger partial charge < -0.3 is 24.8 Å². The molecule has 0 saturated heterocycles. The Morgan fingerprint density at radius 2 is 2.06 bits per heavy atom. The highest BCUT2D eigenvalue weighted by Crippen LogP contribution is 1.90. The van der Waals surface area contributed by atoms with Gasteiger partial charge in [-0.15, -0.1) is 0 Å². The van der Waals surface area contributed by atoms with Crippen molar-refractivity contribution in [2.45, 2.75) is 6.92 Å². The fourth-order valence-electron chi connectivity index (χ4n) is 1.10. The normalized spacial score (nSPS) is 10.0. The second kappa shape index (κ2) is 9.86. The summed E-state index contributed by atoms with van der Waals surface area (Å²) in [5, 5.41) is 11.2. The first-order valence-electron chi connectivity index (χ1n) is 5.43. The Hall–Kier alpha value is -1.34. The predicted octanol–water partition coefficient (Wildman–Crippen LogP) is -0.234. The maximum absolute atomic E-state index is 11.6. The summed E-state index contributed by atoms with van der Waals surface area (Å²) in [5.74, 6) is -1.05. The quantitative estimate of drug-likeness (QED) is 0.550. The lowest BCUT2D eigenvalue weighted by molar-refractivity contribution is -0.137. The standard InChI is InChI=1S/C10H20N2O5/c1-3-17-6-4-11-10(15)12(5-7-16-2)8-9(13)14/h3-8H2,1-2H3,(H,11,15)(H,13,14). The molecule has 0 saturated carbocycles. The molecule has 17 heavy (non-hydrogen) atoms. The van der Waals surface area contributed by atoms with E-state index in [1.54, 1.807) is 0 Å². The van der Waals surface area contributed by atoms with Crippen LogP contribution in [0.3, 0.4) is 0 Å². The summed E-state index contributed by atoms with van der Waals surface area (Å²) in [6, 6.07) is -0.427. The second-order valence-electron chi connectivity index (χ2n) is 3.24. The molecule has 0 rings (SSSR count). The van der Waals surface area contributed by atoms with Crippen molar-refractivity contribution in [3.05, 3.63) is 0 Å². The van der Waals surface area contributed by atoms with Crippen LogP contribution in [0.5, 0.6) is 0 Å². The van der Waals surface area contributed by atoms with Crippen LogP contribution in [0.2, 0.25) is 0 Å². The molecule has 0 heterocycles. The van der Waals surface area contributed by atoms with E-state index >= 15 is 0 Å². The van der Waals surface area contributed by atoms with Crippen molar-refractivity contribution in [2.75, 3.05) is 46.6 Å². The van der Waals surface area contributed by atoms with Gasteiger partial charge in [-0.05, 0) is 6.92 Å². The Kier molecular flexibility index (Phi) is 9.08. The number of hydrogen-bond donors (Lipinski definition) is 2. The lowest BCUT2D eigenvalue weighted by atomic mass is 10.5. The van der Waals surface area contributed by atoms with Gasteiger partial charge >= 0.3 is 12.0 Å². The minimum atomic E-state index is -1.05. The predicted molar refractivity (Wildman–Crippen MR) is 61.0 cm³/mol. The van der Waals surface area contributed by atoms with Crippen LogP contribution in [-0.4, -0.2) is 68.6 Å². The van der Waals surface area contributed by atoms with E-state index in [9.17, 15) is 9.59 Å². The van der Waals surface area contributed by atoms with Crippen LogP contribution in [0.4, 0.5) is 4.79 Å². The monoisotopic (exact) mass is 248 g/mol. The third-order valence-corrected chi connectivity index (χ3v) is 1.91. The van der Waals surface area contributed by atoms with Gasteiger partial charge in [0.05, 0.1) is 13.2 Å². The first-order valence-corrected chi connectivity index (χ1v) is 5.43. The highest BCUT2D eigenvalue weighted by atomic mass is 16.5. The second-order valence-corrected chi connectivity index (χ2v) is 3.24. The highest BCUT2D eigenvalue weighted by molar-refractivity contribution is 5.80. The molecule has 100 valence electrons. The van der Waals surface area contributed by atoms with Crippen LogP contribution in [0.15, 0.2) is 0 Å². The zero-order valence-corrected chi connectivity index (χ0v) is 10.3. The summed E-state index contributed by atoms with van der Waals surface area (Å²) in [6.45, 7) is 3.40. The number of nitrogens with one attached hydrogen (secondary N) is 1. The molecule has 0 fully saturated rings. The van der Waals surface area contributed by atoms with Crippen molar-refractivity contribution in [1.29, 1.82) is 0 Å². The average Bonchev–Trinajstić information content (AvgIpc) is 2.29. The number of amides is 2. The van der Waals surface area contributed by atoms with Gasteiger partial charge in [-0.2, -0.15) is 0 Å². The molecule has 0 aliphatic rings. The van der Waals surface area contributed by atoms with Crippen LogP contribution < -0.4 is 5.32 Å². The maximum atomic E-state index is 11.6. The number of hydrogen-bond acceptors (Lipinski definition) is 4. The number of carbonyl (C=O) groups excluding carboxylic acids is 1. The van der Waals surface area contributed by atoms with E-state index < -0.39 is 12.0 Å². The van der Waals surface area contributed by atoms with E-state index in [0.29, 0.717) is 26.4 Å². The smallest absolute Gasteiger partial charge is 0.323 e. The topological polar surface area (TPSA) is 88.1 Å². The third kappa shape index (κ3) is 8.47. The van der Waals surface area contributed by atoms with Gasteiger partial charge in [-0.3, -0.25) is 4.79 Å². The summed E-state index contributed by atoms with van der Waals surface area (Å²) < 4.78 is 9.86. The summed E-state index contributed by atoms with van der Waals surface area (Å²) in [4.78, 5) is 23.3. The average molecular weight is 248 g/mol. The van der Waals surface area contributed by atoms with Gasteiger partial charge in [0, 0.05) is 26.8 Å².